The van der Waals surface area contributed by atoms with E-state index in [4.69, 9.17) is 4.74 Å². The molecule has 5 heterocycles. The second kappa shape index (κ2) is 6.00. The number of carbonyl (C=O) groups is 2. The lowest BCUT2D eigenvalue weighted by atomic mass is 9.68. The fraction of sp³-hybridized carbons (Fsp3) is 0.538. The molecule has 2 N–H and O–H groups in total. The van der Waals surface area contributed by atoms with Crippen LogP contribution in [0.4, 0.5) is 5.69 Å². The maximum absolute atomic E-state index is 13.9. The first-order valence-corrected chi connectivity index (χ1v) is 11.8. The molecule has 3 fully saturated rings. The van der Waals surface area contributed by atoms with E-state index in [0.29, 0.717) is 30.0 Å². The monoisotopic (exact) mass is 449 g/mol. The average molecular weight is 450 g/mol. The Morgan fingerprint density at radius 2 is 2.00 bits per heavy atom. The number of anilines is 1. The zero-order valence-electron chi connectivity index (χ0n) is 19.6. The maximum atomic E-state index is 13.9. The highest BCUT2D eigenvalue weighted by Gasteiger charge is 2.76. The lowest BCUT2D eigenvalue weighted by molar-refractivity contribution is -0.169. The van der Waals surface area contributed by atoms with Crippen molar-refractivity contribution >= 4 is 23.6 Å². The summed E-state index contributed by atoms with van der Waals surface area (Å²) in [5.41, 5.74) is -1.75. The molecule has 0 bridgehead atoms. The van der Waals surface area contributed by atoms with Crippen LogP contribution in [0.2, 0.25) is 0 Å². The molecule has 33 heavy (non-hydrogen) atoms. The molecule has 7 heteroatoms. The summed E-state index contributed by atoms with van der Waals surface area (Å²) in [5, 5.41) is 16.1. The van der Waals surface area contributed by atoms with Crippen LogP contribution in [0.5, 0.6) is 5.75 Å². The van der Waals surface area contributed by atoms with Crippen molar-refractivity contribution < 1.29 is 19.4 Å². The van der Waals surface area contributed by atoms with E-state index in [9.17, 15) is 14.7 Å². The Labute approximate surface area is 194 Å². The van der Waals surface area contributed by atoms with Crippen LogP contribution in [0.25, 0.3) is 6.08 Å². The third kappa shape index (κ3) is 2.24. The van der Waals surface area contributed by atoms with Gasteiger partial charge in [-0.25, -0.2) is 0 Å². The number of fused-ring (bicyclic) bond motifs is 8. The summed E-state index contributed by atoms with van der Waals surface area (Å²) in [6.45, 7) is 12.5. The highest BCUT2D eigenvalue weighted by Crippen LogP contribution is 2.65. The van der Waals surface area contributed by atoms with Gasteiger partial charge in [-0.2, -0.15) is 0 Å². The zero-order chi connectivity index (χ0) is 23.6. The molecule has 174 valence electrons. The average Bonchev–Trinajstić information content (AvgIpc) is 3.41. The molecule has 0 saturated carbocycles. The van der Waals surface area contributed by atoms with Crippen molar-refractivity contribution in [3.8, 4) is 5.75 Å². The van der Waals surface area contributed by atoms with E-state index in [1.807, 2.05) is 52.0 Å². The van der Waals surface area contributed by atoms with Gasteiger partial charge in [0.2, 0.25) is 11.8 Å². The van der Waals surface area contributed by atoms with Gasteiger partial charge in [0, 0.05) is 29.5 Å². The van der Waals surface area contributed by atoms with Crippen molar-refractivity contribution in [2.75, 3.05) is 11.9 Å². The van der Waals surface area contributed by atoms with Crippen LogP contribution in [0.3, 0.4) is 0 Å². The Hall–Kier alpha value is -2.80. The number of ether oxygens (including phenoxy) is 1. The second-order valence-corrected chi connectivity index (χ2v) is 11.2. The van der Waals surface area contributed by atoms with E-state index in [1.54, 1.807) is 15.9 Å². The molecule has 1 aromatic carbocycles. The number of amides is 2. The van der Waals surface area contributed by atoms with Gasteiger partial charge in [-0.15, -0.1) is 6.58 Å². The van der Waals surface area contributed by atoms with Crippen LogP contribution in [0.15, 0.2) is 30.9 Å². The smallest absolute Gasteiger partial charge is 0.248 e. The van der Waals surface area contributed by atoms with Gasteiger partial charge >= 0.3 is 0 Å². The van der Waals surface area contributed by atoms with Crippen molar-refractivity contribution in [3.05, 3.63) is 42.0 Å². The summed E-state index contributed by atoms with van der Waals surface area (Å²) in [4.78, 5) is 30.8. The first kappa shape index (κ1) is 20.8. The van der Waals surface area contributed by atoms with Crippen LogP contribution in [0, 0.1) is 5.41 Å². The molecule has 3 saturated heterocycles. The minimum atomic E-state index is -1.49. The molecular formula is C26H31N3O4. The van der Waals surface area contributed by atoms with E-state index in [2.05, 4.69) is 11.9 Å². The number of nitrogens with zero attached hydrogens (tertiary/aromatic N) is 2. The van der Waals surface area contributed by atoms with Crippen LogP contribution < -0.4 is 10.1 Å². The van der Waals surface area contributed by atoms with Crippen LogP contribution in [0.1, 0.15) is 58.1 Å². The first-order chi connectivity index (χ1) is 15.5. The molecule has 0 unspecified atom stereocenters. The number of carbonyl (C=O) groups excluding carboxylic acids is 2. The SMILES string of the molecule is C=CC(C)(C)[C@@]12Nc3c(ccc4c3OC(C)(C)C=C4)[C@@]1(O)C[C@H]1C(=O)N3CCC[C@H]3C(=O)N12. The van der Waals surface area contributed by atoms with Gasteiger partial charge < -0.3 is 25.0 Å². The molecule has 0 aromatic heterocycles. The number of aliphatic hydroxyl groups is 1. The van der Waals surface area contributed by atoms with Gasteiger partial charge in [0.25, 0.3) is 0 Å². The van der Waals surface area contributed by atoms with Crippen molar-refractivity contribution in [3.63, 3.8) is 0 Å². The minimum absolute atomic E-state index is 0.0687. The highest BCUT2D eigenvalue weighted by atomic mass is 16.5. The molecule has 5 aliphatic rings. The summed E-state index contributed by atoms with van der Waals surface area (Å²) < 4.78 is 6.35. The Kier molecular flexibility index (Phi) is 3.78. The van der Waals surface area contributed by atoms with Crippen LogP contribution in [-0.4, -0.2) is 56.6 Å². The largest absolute Gasteiger partial charge is 0.481 e. The Balaban J connectivity index is 1.60. The van der Waals surface area contributed by atoms with Gasteiger partial charge in [-0.05, 0) is 32.8 Å². The number of hydrogen-bond acceptors (Lipinski definition) is 5. The summed E-state index contributed by atoms with van der Waals surface area (Å²) >= 11 is 0. The third-order valence-corrected chi connectivity index (χ3v) is 8.52. The van der Waals surface area contributed by atoms with E-state index in [0.717, 1.165) is 12.0 Å². The van der Waals surface area contributed by atoms with Crippen LogP contribution >= 0.6 is 0 Å². The summed E-state index contributed by atoms with van der Waals surface area (Å²) in [6, 6.07) is 2.66. The van der Waals surface area contributed by atoms with Crippen molar-refractivity contribution in [2.24, 2.45) is 5.41 Å². The van der Waals surface area contributed by atoms with Gasteiger partial charge in [0.05, 0.1) is 5.69 Å². The minimum Gasteiger partial charge on any atom is -0.481 e. The van der Waals surface area contributed by atoms with Crippen molar-refractivity contribution in [2.45, 2.75) is 75.9 Å². The van der Waals surface area contributed by atoms with Gasteiger partial charge in [-0.1, -0.05) is 38.1 Å². The molecule has 7 nitrogen and oxygen atoms in total. The van der Waals surface area contributed by atoms with E-state index in [-0.39, 0.29) is 18.2 Å². The summed E-state index contributed by atoms with van der Waals surface area (Å²) in [7, 11) is 0. The topological polar surface area (TPSA) is 82.1 Å². The quantitative estimate of drug-likeness (QED) is 0.679. The highest BCUT2D eigenvalue weighted by molar-refractivity contribution is 6.00. The van der Waals surface area contributed by atoms with Crippen LogP contribution in [-0.2, 0) is 15.2 Å². The fourth-order valence-electron chi connectivity index (χ4n) is 6.81. The molecule has 0 aliphatic carbocycles. The predicted molar refractivity (Wildman–Crippen MR) is 124 cm³/mol. The predicted octanol–water partition coefficient (Wildman–Crippen LogP) is 3.00. The lowest BCUT2D eigenvalue weighted by Gasteiger charge is -2.54. The molecule has 4 atom stereocenters. The third-order valence-electron chi connectivity index (χ3n) is 8.52. The molecule has 6 rings (SSSR count). The van der Waals surface area contributed by atoms with Gasteiger partial charge in [0.1, 0.15) is 23.3 Å². The Morgan fingerprint density at radius 3 is 2.73 bits per heavy atom. The van der Waals surface area contributed by atoms with E-state index in [1.165, 1.54) is 0 Å². The number of hydrogen-bond donors (Lipinski definition) is 2. The molecule has 5 aliphatic heterocycles. The normalized spacial score (nSPS) is 35.3. The standard InChI is InChI=1S/C26H31N3O4/c1-6-23(2,3)26-25(32,14-18-21(30)28-13-7-8-17(28)22(31)29(18)26)16-10-9-15-11-12-24(4,5)33-20(15)19(16)27-26/h6,9-12,17-18,27,32H,1,7-8,13-14H2,2-5H3/t17-,18-,25-,26-/m0/s1. The molecule has 1 aromatic rings. The van der Waals surface area contributed by atoms with Crippen molar-refractivity contribution in [1.82, 2.24) is 9.80 Å². The number of piperazine rings is 1. The van der Waals surface area contributed by atoms with E-state index < -0.39 is 34.4 Å². The van der Waals surface area contributed by atoms with E-state index >= 15 is 0 Å². The fourth-order valence-corrected chi connectivity index (χ4v) is 6.81. The first-order valence-electron chi connectivity index (χ1n) is 11.8. The van der Waals surface area contributed by atoms with Crippen molar-refractivity contribution in [1.29, 1.82) is 0 Å². The number of benzene rings is 1. The molecule has 2 amide bonds. The Bertz CT molecular complexity index is 1150. The zero-order valence-corrected chi connectivity index (χ0v) is 19.6. The van der Waals surface area contributed by atoms with Gasteiger partial charge in [0.15, 0.2) is 11.4 Å². The maximum Gasteiger partial charge on any atom is 0.248 e. The molecule has 0 spiro atoms. The Morgan fingerprint density at radius 1 is 1.24 bits per heavy atom. The molecule has 0 radical (unpaired) electrons. The lowest BCUT2D eigenvalue weighted by Crippen LogP contribution is -2.73. The number of nitrogens with one attached hydrogen (secondary N) is 1. The van der Waals surface area contributed by atoms with Gasteiger partial charge in [-0.3, -0.25) is 9.59 Å². The summed E-state index contributed by atoms with van der Waals surface area (Å²) in [5.74, 6) is 0.496. The second-order valence-electron chi connectivity index (χ2n) is 11.2. The molecular weight excluding hydrogens is 418 g/mol. The number of rotatable bonds is 2. The summed E-state index contributed by atoms with van der Waals surface area (Å²) in [6.07, 6.45) is 7.42.